The van der Waals surface area contributed by atoms with E-state index in [0.29, 0.717) is 12.1 Å². The second-order valence-electron chi connectivity index (χ2n) is 4.58. The molecule has 0 amide bonds. The first-order valence-electron chi connectivity index (χ1n) is 5.12. The maximum Gasteiger partial charge on any atom is 0.130 e. The molecule has 2 N–H and O–H groups in total. The molecule has 0 atom stereocenters. The zero-order valence-corrected chi connectivity index (χ0v) is 9.55. The van der Waals surface area contributed by atoms with Gasteiger partial charge in [-0.25, -0.2) is 4.39 Å². The molecular weight excluding hydrogens is 189 g/mol. The summed E-state index contributed by atoms with van der Waals surface area (Å²) in [5.74, 6) is -0.188. The molecule has 15 heavy (non-hydrogen) atoms. The number of hydrogen-bond acceptors (Lipinski definition) is 1. The van der Waals surface area contributed by atoms with Crippen molar-refractivity contribution >= 4 is 5.57 Å². The quantitative estimate of drug-likeness (QED) is 0.791. The zero-order chi connectivity index (χ0) is 11.5. The summed E-state index contributed by atoms with van der Waals surface area (Å²) in [6.45, 7) is 6.60. The summed E-state index contributed by atoms with van der Waals surface area (Å²) >= 11 is 0. The van der Waals surface area contributed by atoms with E-state index in [2.05, 4.69) is 20.8 Å². The SMILES string of the molecule is CC(C)(C)/C(=C/CN)c1ccccc1F. The van der Waals surface area contributed by atoms with Crippen molar-refractivity contribution in [1.82, 2.24) is 0 Å². The van der Waals surface area contributed by atoms with Gasteiger partial charge < -0.3 is 5.73 Å². The molecule has 2 heteroatoms. The van der Waals surface area contributed by atoms with Gasteiger partial charge in [-0.2, -0.15) is 0 Å². The van der Waals surface area contributed by atoms with Crippen LogP contribution in [-0.4, -0.2) is 6.54 Å². The van der Waals surface area contributed by atoms with E-state index in [0.717, 1.165) is 5.57 Å². The maximum atomic E-state index is 13.6. The fourth-order valence-electron chi connectivity index (χ4n) is 1.62. The second kappa shape index (κ2) is 4.58. The second-order valence-corrected chi connectivity index (χ2v) is 4.58. The van der Waals surface area contributed by atoms with Crippen molar-refractivity contribution in [2.75, 3.05) is 6.54 Å². The maximum absolute atomic E-state index is 13.6. The van der Waals surface area contributed by atoms with Gasteiger partial charge in [0, 0.05) is 12.1 Å². The fraction of sp³-hybridized carbons (Fsp3) is 0.385. The van der Waals surface area contributed by atoms with E-state index >= 15 is 0 Å². The van der Waals surface area contributed by atoms with E-state index < -0.39 is 0 Å². The highest BCUT2D eigenvalue weighted by Gasteiger charge is 2.20. The van der Waals surface area contributed by atoms with Gasteiger partial charge in [-0.05, 0) is 17.1 Å². The Bertz CT molecular complexity index is 361. The van der Waals surface area contributed by atoms with E-state index in [1.807, 2.05) is 12.1 Å². The van der Waals surface area contributed by atoms with Crippen molar-refractivity contribution in [2.45, 2.75) is 20.8 Å². The summed E-state index contributed by atoms with van der Waals surface area (Å²) in [7, 11) is 0. The molecule has 1 nitrogen and oxygen atoms in total. The van der Waals surface area contributed by atoms with Crippen molar-refractivity contribution < 1.29 is 4.39 Å². The molecule has 0 aliphatic carbocycles. The normalized spacial score (nSPS) is 13.0. The van der Waals surface area contributed by atoms with E-state index in [1.54, 1.807) is 12.1 Å². The smallest absolute Gasteiger partial charge is 0.130 e. The van der Waals surface area contributed by atoms with Gasteiger partial charge >= 0.3 is 0 Å². The standard InChI is InChI=1S/C13H18FN/c1-13(2,3)11(8-9-15)10-6-4-5-7-12(10)14/h4-8H,9,15H2,1-3H3/b11-8+. The summed E-state index contributed by atoms with van der Waals surface area (Å²) in [6, 6.07) is 6.81. The molecule has 0 aliphatic heterocycles. The zero-order valence-electron chi connectivity index (χ0n) is 9.55. The predicted molar refractivity (Wildman–Crippen MR) is 62.9 cm³/mol. The lowest BCUT2D eigenvalue weighted by molar-refractivity contribution is 0.554. The lowest BCUT2D eigenvalue weighted by atomic mass is 9.81. The molecule has 0 spiro atoms. The van der Waals surface area contributed by atoms with Gasteiger partial charge in [0.05, 0.1) is 0 Å². The minimum Gasteiger partial charge on any atom is -0.327 e. The summed E-state index contributed by atoms with van der Waals surface area (Å²) in [6.07, 6.45) is 1.89. The largest absolute Gasteiger partial charge is 0.327 e. The van der Waals surface area contributed by atoms with Gasteiger partial charge in [0.25, 0.3) is 0 Å². The number of allylic oxidation sites excluding steroid dienone is 1. The van der Waals surface area contributed by atoms with E-state index in [-0.39, 0.29) is 11.2 Å². The molecular formula is C13H18FN. The third-order valence-electron chi connectivity index (χ3n) is 2.29. The first-order chi connectivity index (χ1) is 6.96. The van der Waals surface area contributed by atoms with Gasteiger partial charge in [-0.3, -0.25) is 0 Å². The van der Waals surface area contributed by atoms with Gasteiger partial charge in [0.1, 0.15) is 5.82 Å². The highest BCUT2D eigenvalue weighted by molar-refractivity contribution is 5.70. The van der Waals surface area contributed by atoms with Crippen LogP contribution in [0.1, 0.15) is 26.3 Å². The van der Waals surface area contributed by atoms with Crippen LogP contribution in [0.15, 0.2) is 30.3 Å². The van der Waals surface area contributed by atoms with Gasteiger partial charge in [0.2, 0.25) is 0 Å². The van der Waals surface area contributed by atoms with E-state index in [9.17, 15) is 4.39 Å². The molecule has 0 saturated heterocycles. The summed E-state index contributed by atoms with van der Waals surface area (Å²) in [5, 5.41) is 0. The Morgan fingerprint density at radius 2 is 1.93 bits per heavy atom. The van der Waals surface area contributed by atoms with Crippen molar-refractivity contribution in [1.29, 1.82) is 0 Å². The van der Waals surface area contributed by atoms with Crippen LogP contribution in [0.5, 0.6) is 0 Å². The highest BCUT2D eigenvalue weighted by atomic mass is 19.1. The van der Waals surface area contributed by atoms with Gasteiger partial charge in [-0.15, -0.1) is 0 Å². The predicted octanol–water partition coefficient (Wildman–Crippen LogP) is 3.21. The lowest BCUT2D eigenvalue weighted by Gasteiger charge is -2.24. The van der Waals surface area contributed by atoms with Crippen molar-refractivity contribution in [3.63, 3.8) is 0 Å². The minimum absolute atomic E-state index is 0.0957. The number of benzene rings is 1. The average Bonchev–Trinajstić information content (AvgIpc) is 2.14. The van der Waals surface area contributed by atoms with Crippen LogP contribution in [0.25, 0.3) is 5.57 Å². The monoisotopic (exact) mass is 207 g/mol. The Balaban J connectivity index is 3.24. The van der Waals surface area contributed by atoms with Crippen LogP contribution in [0.2, 0.25) is 0 Å². The van der Waals surface area contributed by atoms with E-state index in [1.165, 1.54) is 6.07 Å². The first kappa shape index (κ1) is 11.9. The van der Waals surface area contributed by atoms with Crippen molar-refractivity contribution in [3.05, 3.63) is 41.7 Å². The minimum atomic E-state index is -0.188. The Morgan fingerprint density at radius 3 is 2.40 bits per heavy atom. The molecule has 0 aromatic heterocycles. The fourth-order valence-corrected chi connectivity index (χ4v) is 1.62. The Morgan fingerprint density at radius 1 is 1.33 bits per heavy atom. The molecule has 1 aromatic rings. The first-order valence-corrected chi connectivity index (χ1v) is 5.12. The topological polar surface area (TPSA) is 26.0 Å². The van der Waals surface area contributed by atoms with Crippen molar-refractivity contribution in [3.8, 4) is 0 Å². The molecule has 1 rings (SSSR count). The third-order valence-corrected chi connectivity index (χ3v) is 2.29. The van der Waals surface area contributed by atoms with Gasteiger partial charge in [0.15, 0.2) is 0 Å². The Kier molecular flexibility index (Phi) is 3.64. The average molecular weight is 207 g/mol. The summed E-state index contributed by atoms with van der Waals surface area (Å²) < 4.78 is 13.6. The number of nitrogens with two attached hydrogens (primary N) is 1. The Hall–Kier alpha value is -1.15. The molecule has 0 fully saturated rings. The molecule has 0 unspecified atom stereocenters. The Labute approximate surface area is 90.8 Å². The highest BCUT2D eigenvalue weighted by Crippen LogP contribution is 2.34. The van der Waals surface area contributed by atoms with Crippen LogP contribution >= 0.6 is 0 Å². The third kappa shape index (κ3) is 2.90. The molecule has 0 bridgehead atoms. The van der Waals surface area contributed by atoms with Crippen LogP contribution in [0.4, 0.5) is 4.39 Å². The molecule has 0 heterocycles. The summed E-state index contributed by atoms with van der Waals surface area (Å²) in [5.41, 5.74) is 7.03. The van der Waals surface area contributed by atoms with Gasteiger partial charge in [-0.1, -0.05) is 45.0 Å². The summed E-state index contributed by atoms with van der Waals surface area (Å²) in [4.78, 5) is 0. The van der Waals surface area contributed by atoms with Crippen LogP contribution < -0.4 is 5.73 Å². The van der Waals surface area contributed by atoms with E-state index in [4.69, 9.17) is 5.73 Å². The lowest BCUT2D eigenvalue weighted by Crippen LogP contribution is -2.11. The molecule has 0 saturated carbocycles. The van der Waals surface area contributed by atoms with Crippen LogP contribution in [0, 0.1) is 11.2 Å². The van der Waals surface area contributed by atoms with Crippen LogP contribution in [-0.2, 0) is 0 Å². The van der Waals surface area contributed by atoms with Crippen LogP contribution in [0.3, 0.4) is 0 Å². The number of halogens is 1. The van der Waals surface area contributed by atoms with Crippen molar-refractivity contribution in [2.24, 2.45) is 11.1 Å². The molecule has 0 radical (unpaired) electrons. The molecule has 82 valence electrons. The number of hydrogen-bond donors (Lipinski definition) is 1. The number of rotatable bonds is 2. The molecule has 0 aliphatic rings. The molecule has 1 aromatic carbocycles.